The molecule has 0 aliphatic carbocycles. The van der Waals surface area contributed by atoms with Crippen molar-refractivity contribution in [2.75, 3.05) is 0 Å². The van der Waals surface area contributed by atoms with Crippen molar-refractivity contribution in [3.05, 3.63) is 58.2 Å². The Hall–Kier alpha value is -1.86. The Bertz CT molecular complexity index is 546. The first kappa shape index (κ1) is 11.6. The number of pyridine rings is 1. The number of ether oxygens (including phenoxy) is 1. The summed E-state index contributed by atoms with van der Waals surface area (Å²) in [6.07, 6.45) is 1.68. The van der Waals surface area contributed by atoms with Gasteiger partial charge in [0.15, 0.2) is 0 Å². The Morgan fingerprint density at radius 3 is 2.65 bits per heavy atom. The van der Waals surface area contributed by atoms with Crippen LogP contribution in [-0.2, 0) is 6.61 Å². The van der Waals surface area contributed by atoms with Crippen LogP contribution in [0, 0.1) is 11.3 Å². The van der Waals surface area contributed by atoms with Crippen molar-refractivity contribution in [3.8, 4) is 11.9 Å². The van der Waals surface area contributed by atoms with Crippen LogP contribution < -0.4 is 4.74 Å². The van der Waals surface area contributed by atoms with E-state index in [2.05, 4.69) is 27.0 Å². The molecule has 2 rings (SSSR count). The maximum atomic E-state index is 8.67. The quantitative estimate of drug-likeness (QED) is 0.871. The van der Waals surface area contributed by atoms with Crippen LogP contribution in [-0.4, -0.2) is 4.98 Å². The fourth-order valence-corrected chi connectivity index (χ4v) is 1.61. The predicted octanol–water partition coefficient (Wildman–Crippen LogP) is 3.29. The summed E-state index contributed by atoms with van der Waals surface area (Å²) in [5.41, 5.74) is 1.65. The van der Waals surface area contributed by atoms with E-state index >= 15 is 0 Å². The number of halogens is 1. The van der Waals surface area contributed by atoms with Crippen molar-refractivity contribution in [2.45, 2.75) is 6.61 Å². The Kier molecular flexibility index (Phi) is 3.73. The molecule has 1 aromatic heterocycles. The van der Waals surface area contributed by atoms with E-state index < -0.39 is 0 Å². The predicted molar refractivity (Wildman–Crippen MR) is 67.4 cm³/mol. The molecule has 0 bridgehead atoms. The first-order chi connectivity index (χ1) is 8.28. The highest BCUT2D eigenvalue weighted by Crippen LogP contribution is 2.16. The molecule has 0 saturated heterocycles. The lowest BCUT2D eigenvalue weighted by Crippen LogP contribution is -1.96. The molecule has 3 nitrogen and oxygen atoms in total. The summed E-state index contributed by atoms with van der Waals surface area (Å²) in [7, 11) is 0. The maximum absolute atomic E-state index is 8.67. The maximum Gasteiger partial charge on any atom is 0.214 e. The van der Waals surface area contributed by atoms with E-state index in [4.69, 9.17) is 10.00 Å². The molecule has 0 atom stereocenters. The zero-order valence-corrected chi connectivity index (χ0v) is 10.5. The van der Waals surface area contributed by atoms with Gasteiger partial charge < -0.3 is 4.74 Å². The molecular formula is C13H9BrN2O. The summed E-state index contributed by atoms with van der Waals surface area (Å²) in [4.78, 5) is 4.08. The van der Waals surface area contributed by atoms with Crippen molar-refractivity contribution < 1.29 is 4.74 Å². The van der Waals surface area contributed by atoms with Gasteiger partial charge in [0, 0.05) is 16.7 Å². The smallest absolute Gasteiger partial charge is 0.214 e. The van der Waals surface area contributed by atoms with Crippen molar-refractivity contribution in [2.24, 2.45) is 0 Å². The summed E-state index contributed by atoms with van der Waals surface area (Å²) < 4.78 is 6.46. The molecule has 0 fully saturated rings. The monoisotopic (exact) mass is 288 g/mol. The number of hydrogen-bond donors (Lipinski definition) is 0. The summed E-state index contributed by atoms with van der Waals surface area (Å²) in [6.45, 7) is 0.440. The van der Waals surface area contributed by atoms with Gasteiger partial charge in [-0.25, -0.2) is 4.98 Å². The van der Waals surface area contributed by atoms with Gasteiger partial charge in [0.25, 0.3) is 0 Å². The van der Waals surface area contributed by atoms with Gasteiger partial charge in [0.05, 0.1) is 11.6 Å². The second-order valence-corrected chi connectivity index (χ2v) is 4.33. The molecule has 4 heteroatoms. The largest absolute Gasteiger partial charge is 0.473 e. The standard InChI is InChI=1S/C13H9BrN2O/c14-12-5-6-16-13(7-12)17-9-11-3-1-10(8-15)2-4-11/h1-7H,9H2. The van der Waals surface area contributed by atoms with Crippen LogP contribution in [0.25, 0.3) is 0 Å². The minimum atomic E-state index is 0.440. The fourth-order valence-electron chi connectivity index (χ4n) is 1.30. The number of nitrogens with zero attached hydrogens (tertiary/aromatic N) is 2. The molecule has 0 aliphatic rings. The topological polar surface area (TPSA) is 45.9 Å². The van der Waals surface area contributed by atoms with E-state index in [1.54, 1.807) is 18.3 Å². The van der Waals surface area contributed by atoms with Gasteiger partial charge in [0.1, 0.15) is 6.61 Å². The summed E-state index contributed by atoms with van der Waals surface area (Å²) in [5, 5.41) is 8.67. The fraction of sp³-hybridized carbons (Fsp3) is 0.0769. The molecular weight excluding hydrogens is 280 g/mol. The van der Waals surface area contributed by atoms with Crippen LogP contribution in [0.15, 0.2) is 47.1 Å². The van der Waals surface area contributed by atoms with E-state index in [1.807, 2.05) is 24.3 Å². The number of rotatable bonds is 3. The molecule has 0 radical (unpaired) electrons. The molecule has 1 aromatic carbocycles. The van der Waals surface area contributed by atoms with Gasteiger partial charge in [-0.1, -0.05) is 28.1 Å². The van der Waals surface area contributed by atoms with E-state index in [0.717, 1.165) is 10.0 Å². The van der Waals surface area contributed by atoms with E-state index in [-0.39, 0.29) is 0 Å². The average Bonchev–Trinajstić information content (AvgIpc) is 2.37. The third kappa shape index (κ3) is 3.30. The molecule has 0 saturated carbocycles. The lowest BCUT2D eigenvalue weighted by atomic mass is 10.2. The molecule has 0 spiro atoms. The van der Waals surface area contributed by atoms with Gasteiger partial charge >= 0.3 is 0 Å². The van der Waals surface area contributed by atoms with Gasteiger partial charge in [-0.15, -0.1) is 0 Å². The highest BCUT2D eigenvalue weighted by atomic mass is 79.9. The lowest BCUT2D eigenvalue weighted by molar-refractivity contribution is 0.293. The van der Waals surface area contributed by atoms with Crippen LogP contribution in [0.1, 0.15) is 11.1 Å². The van der Waals surface area contributed by atoms with Crippen LogP contribution in [0.5, 0.6) is 5.88 Å². The summed E-state index contributed by atoms with van der Waals surface area (Å²) in [5.74, 6) is 0.573. The number of hydrogen-bond acceptors (Lipinski definition) is 3. The van der Waals surface area contributed by atoms with Crippen LogP contribution >= 0.6 is 15.9 Å². The molecule has 2 aromatic rings. The molecule has 17 heavy (non-hydrogen) atoms. The average molecular weight is 289 g/mol. The second-order valence-electron chi connectivity index (χ2n) is 3.41. The minimum absolute atomic E-state index is 0.440. The minimum Gasteiger partial charge on any atom is -0.473 e. The van der Waals surface area contributed by atoms with Crippen molar-refractivity contribution in [3.63, 3.8) is 0 Å². The highest BCUT2D eigenvalue weighted by Gasteiger charge is 1.98. The van der Waals surface area contributed by atoms with Crippen LogP contribution in [0.3, 0.4) is 0 Å². The molecule has 0 N–H and O–H groups in total. The third-order valence-corrected chi connectivity index (χ3v) is 2.66. The Morgan fingerprint density at radius 2 is 2.00 bits per heavy atom. The first-order valence-corrected chi connectivity index (χ1v) is 5.80. The Balaban J connectivity index is 2.00. The molecule has 0 amide bonds. The summed E-state index contributed by atoms with van der Waals surface area (Å²) >= 11 is 3.35. The van der Waals surface area contributed by atoms with Crippen LogP contribution in [0.4, 0.5) is 0 Å². The number of benzene rings is 1. The molecule has 0 unspecified atom stereocenters. The zero-order valence-electron chi connectivity index (χ0n) is 8.93. The molecule has 1 heterocycles. The van der Waals surface area contributed by atoms with Gasteiger partial charge in [-0.3, -0.25) is 0 Å². The molecule has 0 aliphatic heterocycles. The lowest BCUT2D eigenvalue weighted by Gasteiger charge is -2.05. The first-order valence-electron chi connectivity index (χ1n) is 5.01. The second kappa shape index (κ2) is 5.46. The normalized spacial score (nSPS) is 9.65. The number of nitriles is 1. The Labute approximate surface area is 108 Å². The van der Waals surface area contributed by atoms with Crippen molar-refractivity contribution >= 4 is 15.9 Å². The van der Waals surface area contributed by atoms with Gasteiger partial charge in [0.2, 0.25) is 5.88 Å². The molecule has 84 valence electrons. The van der Waals surface area contributed by atoms with E-state index in [0.29, 0.717) is 18.1 Å². The Morgan fingerprint density at radius 1 is 1.24 bits per heavy atom. The van der Waals surface area contributed by atoms with E-state index in [1.165, 1.54) is 0 Å². The zero-order chi connectivity index (χ0) is 12.1. The number of aromatic nitrogens is 1. The van der Waals surface area contributed by atoms with E-state index in [9.17, 15) is 0 Å². The van der Waals surface area contributed by atoms with Gasteiger partial charge in [-0.2, -0.15) is 5.26 Å². The van der Waals surface area contributed by atoms with Crippen molar-refractivity contribution in [1.82, 2.24) is 4.98 Å². The highest BCUT2D eigenvalue weighted by molar-refractivity contribution is 9.10. The third-order valence-electron chi connectivity index (χ3n) is 2.17. The van der Waals surface area contributed by atoms with Crippen LogP contribution in [0.2, 0.25) is 0 Å². The van der Waals surface area contributed by atoms with Gasteiger partial charge in [-0.05, 0) is 23.8 Å². The van der Waals surface area contributed by atoms with Crippen molar-refractivity contribution in [1.29, 1.82) is 5.26 Å². The SMILES string of the molecule is N#Cc1ccc(COc2cc(Br)ccn2)cc1. The summed E-state index contributed by atoms with van der Waals surface area (Å²) in [6, 6.07) is 13.0.